The molecule has 3 nitrogen and oxygen atoms in total. The van der Waals surface area contributed by atoms with Crippen LogP contribution in [-0.4, -0.2) is 11.5 Å². The summed E-state index contributed by atoms with van der Waals surface area (Å²) in [5, 5.41) is 2.71. The molecule has 3 rings (SSSR count). The quantitative estimate of drug-likeness (QED) is 0.901. The summed E-state index contributed by atoms with van der Waals surface area (Å²) in [6, 6.07) is 6.73. The summed E-state index contributed by atoms with van der Waals surface area (Å²) in [6.07, 6.45) is 2.41. The molecule has 2 aromatic rings. The lowest BCUT2D eigenvalue weighted by atomic mass is 9.99. The Hall–Kier alpha value is -1.55. The highest BCUT2D eigenvalue weighted by Gasteiger charge is 2.17. The van der Waals surface area contributed by atoms with Crippen LogP contribution in [-0.2, 0) is 13.0 Å². The standard InChI is InChI=1S/C14H17N3S/c1-10-4-5-13-11(7-10)3-2-6-17(13)8-12-9-18-14(15)16-12/h4-5,7,9H,2-3,6,8H2,1H3,(H2,15,16). The monoisotopic (exact) mass is 259 g/mol. The molecule has 0 saturated heterocycles. The number of nitrogens with zero attached hydrogens (tertiary/aromatic N) is 2. The molecule has 0 aliphatic carbocycles. The molecule has 2 heterocycles. The Morgan fingerprint density at radius 3 is 3.11 bits per heavy atom. The first kappa shape index (κ1) is 11.5. The van der Waals surface area contributed by atoms with Crippen LogP contribution in [0.1, 0.15) is 23.2 Å². The van der Waals surface area contributed by atoms with Crippen LogP contribution >= 0.6 is 11.3 Å². The molecule has 2 N–H and O–H groups in total. The highest BCUT2D eigenvalue weighted by molar-refractivity contribution is 7.13. The number of anilines is 2. The van der Waals surface area contributed by atoms with E-state index in [0.717, 1.165) is 18.8 Å². The van der Waals surface area contributed by atoms with E-state index in [-0.39, 0.29) is 0 Å². The van der Waals surface area contributed by atoms with Crippen LogP contribution in [0.4, 0.5) is 10.8 Å². The van der Waals surface area contributed by atoms with Crippen LogP contribution in [0.25, 0.3) is 0 Å². The Morgan fingerprint density at radius 2 is 2.33 bits per heavy atom. The lowest BCUT2D eigenvalue weighted by Crippen LogP contribution is -2.28. The van der Waals surface area contributed by atoms with Gasteiger partial charge in [-0.15, -0.1) is 11.3 Å². The number of rotatable bonds is 2. The molecule has 1 aliphatic heterocycles. The van der Waals surface area contributed by atoms with E-state index in [1.807, 2.05) is 0 Å². The summed E-state index contributed by atoms with van der Waals surface area (Å²) in [7, 11) is 0. The predicted molar refractivity (Wildman–Crippen MR) is 77.1 cm³/mol. The minimum atomic E-state index is 0.658. The van der Waals surface area contributed by atoms with Crippen molar-refractivity contribution in [2.75, 3.05) is 17.2 Å². The zero-order chi connectivity index (χ0) is 12.5. The average molecular weight is 259 g/mol. The topological polar surface area (TPSA) is 42.1 Å². The Labute approximate surface area is 111 Å². The Morgan fingerprint density at radius 1 is 1.44 bits per heavy atom. The Kier molecular flexibility index (Phi) is 2.96. The van der Waals surface area contributed by atoms with Gasteiger partial charge in [0, 0.05) is 17.6 Å². The van der Waals surface area contributed by atoms with Crippen molar-refractivity contribution in [3.63, 3.8) is 0 Å². The number of aromatic nitrogens is 1. The maximum Gasteiger partial charge on any atom is 0.180 e. The summed E-state index contributed by atoms with van der Waals surface area (Å²) in [4.78, 5) is 6.76. The van der Waals surface area contributed by atoms with Gasteiger partial charge in [-0.25, -0.2) is 4.98 Å². The number of benzene rings is 1. The first-order valence-electron chi connectivity index (χ1n) is 6.27. The molecule has 0 unspecified atom stereocenters. The molecule has 0 bridgehead atoms. The van der Waals surface area contributed by atoms with Crippen molar-refractivity contribution in [3.05, 3.63) is 40.4 Å². The summed E-state index contributed by atoms with van der Waals surface area (Å²) < 4.78 is 0. The summed E-state index contributed by atoms with van der Waals surface area (Å²) in [5.41, 5.74) is 10.9. The van der Waals surface area contributed by atoms with Crippen LogP contribution in [0.5, 0.6) is 0 Å². The van der Waals surface area contributed by atoms with Crippen molar-refractivity contribution in [3.8, 4) is 0 Å². The maximum absolute atomic E-state index is 5.69. The third kappa shape index (κ3) is 2.20. The van der Waals surface area contributed by atoms with Gasteiger partial charge in [0.1, 0.15) is 0 Å². The smallest absolute Gasteiger partial charge is 0.180 e. The predicted octanol–water partition coefficient (Wildman–Crippen LogP) is 2.99. The molecule has 18 heavy (non-hydrogen) atoms. The average Bonchev–Trinajstić information content (AvgIpc) is 2.75. The fourth-order valence-corrected chi connectivity index (χ4v) is 3.11. The van der Waals surface area contributed by atoms with Gasteiger partial charge in [0.05, 0.1) is 12.2 Å². The molecule has 0 spiro atoms. The Bertz CT molecular complexity index is 562. The Balaban J connectivity index is 1.87. The molecule has 0 fully saturated rings. The number of hydrogen-bond acceptors (Lipinski definition) is 4. The van der Waals surface area contributed by atoms with E-state index in [9.17, 15) is 0 Å². The van der Waals surface area contributed by atoms with E-state index in [4.69, 9.17) is 5.73 Å². The second-order valence-corrected chi connectivity index (χ2v) is 5.72. The lowest BCUT2D eigenvalue weighted by molar-refractivity contribution is 0.685. The van der Waals surface area contributed by atoms with Crippen molar-refractivity contribution < 1.29 is 0 Å². The SMILES string of the molecule is Cc1ccc2c(c1)CCCN2Cc1csc(N)n1. The van der Waals surface area contributed by atoms with Gasteiger partial charge in [-0.05, 0) is 31.4 Å². The molecule has 0 atom stereocenters. The summed E-state index contributed by atoms with van der Waals surface area (Å²) in [6.45, 7) is 4.12. The van der Waals surface area contributed by atoms with Gasteiger partial charge in [0.15, 0.2) is 5.13 Å². The van der Waals surface area contributed by atoms with Crippen molar-refractivity contribution in [1.29, 1.82) is 0 Å². The van der Waals surface area contributed by atoms with Crippen molar-refractivity contribution in [2.45, 2.75) is 26.3 Å². The summed E-state index contributed by atoms with van der Waals surface area (Å²) >= 11 is 1.52. The zero-order valence-electron chi connectivity index (χ0n) is 10.5. The van der Waals surface area contributed by atoms with E-state index in [1.54, 1.807) is 0 Å². The van der Waals surface area contributed by atoms with Crippen molar-refractivity contribution in [1.82, 2.24) is 4.98 Å². The van der Waals surface area contributed by atoms with Crippen LogP contribution in [0.3, 0.4) is 0 Å². The van der Waals surface area contributed by atoms with E-state index in [2.05, 4.69) is 40.4 Å². The third-order valence-corrected chi connectivity index (χ3v) is 4.09. The van der Waals surface area contributed by atoms with Crippen LogP contribution in [0, 0.1) is 6.92 Å². The number of nitrogens with two attached hydrogens (primary N) is 1. The molecule has 1 aromatic carbocycles. The largest absolute Gasteiger partial charge is 0.375 e. The fraction of sp³-hybridized carbons (Fsp3) is 0.357. The fourth-order valence-electron chi connectivity index (χ4n) is 2.56. The molecule has 4 heteroatoms. The molecule has 1 aromatic heterocycles. The van der Waals surface area contributed by atoms with Gasteiger partial charge >= 0.3 is 0 Å². The summed E-state index contributed by atoms with van der Waals surface area (Å²) in [5.74, 6) is 0. The van der Waals surface area contributed by atoms with E-state index in [0.29, 0.717) is 5.13 Å². The highest BCUT2D eigenvalue weighted by atomic mass is 32.1. The normalized spacial score (nSPS) is 14.6. The van der Waals surface area contributed by atoms with Gasteiger partial charge in [-0.3, -0.25) is 0 Å². The van der Waals surface area contributed by atoms with Crippen molar-refractivity contribution >= 4 is 22.2 Å². The third-order valence-electron chi connectivity index (χ3n) is 3.37. The van der Waals surface area contributed by atoms with Crippen LogP contribution in [0.2, 0.25) is 0 Å². The molecule has 0 amide bonds. The first-order chi connectivity index (χ1) is 8.72. The maximum atomic E-state index is 5.69. The van der Waals surface area contributed by atoms with Crippen molar-refractivity contribution in [2.24, 2.45) is 0 Å². The number of aryl methyl sites for hydroxylation is 2. The van der Waals surface area contributed by atoms with E-state index >= 15 is 0 Å². The minimum Gasteiger partial charge on any atom is -0.375 e. The number of nitrogen functional groups attached to an aromatic ring is 1. The van der Waals surface area contributed by atoms with Gasteiger partial charge < -0.3 is 10.6 Å². The number of thiazole rings is 1. The van der Waals surface area contributed by atoms with Gasteiger partial charge in [0.2, 0.25) is 0 Å². The highest BCUT2D eigenvalue weighted by Crippen LogP contribution is 2.29. The van der Waals surface area contributed by atoms with Gasteiger partial charge in [-0.2, -0.15) is 0 Å². The van der Waals surface area contributed by atoms with Gasteiger partial charge in [0.25, 0.3) is 0 Å². The number of fused-ring (bicyclic) bond motifs is 1. The minimum absolute atomic E-state index is 0.658. The van der Waals surface area contributed by atoms with E-state index < -0.39 is 0 Å². The molecule has 0 saturated carbocycles. The van der Waals surface area contributed by atoms with E-state index in [1.165, 1.54) is 41.0 Å². The van der Waals surface area contributed by atoms with Crippen LogP contribution < -0.4 is 10.6 Å². The van der Waals surface area contributed by atoms with Crippen LogP contribution in [0.15, 0.2) is 23.6 Å². The number of hydrogen-bond donors (Lipinski definition) is 1. The molecular formula is C14H17N3S. The molecule has 0 radical (unpaired) electrons. The lowest BCUT2D eigenvalue weighted by Gasteiger charge is -2.31. The van der Waals surface area contributed by atoms with Gasteiger partial charge in [-0.1, -0.05) is 17.7 Å². The second-order valence-electron chi connectivity index (χ2n) is 4.83. The molecular weight excluding hydrogens is 242 g/mol. The molecule has 94 valence electrons. The zero-order valence-corrected chi connectivity index (χ0v) is 11.3. The second kappa shape index (κ2) is 4.61. The first-order valence-corrected chi connectivity index (χ1v) is 7.15. The molecule has 1 aliphatic rings.